The van der Waals surface area contributed by atoms with E-state index in [4.69, 9.17) is 13.6 Å². The zero-order valence-electron chi connectivity index (χ0n) is 16.9. The van der Waals surface area contributed by atoms with E-state index >= 15 is 0 Å². The van der Waals surface area contributed by atoms with Crippen molar-refractivity contribution in [3.05, 3.63) is 0 Å². The summed E-state index contributed by atoms with van der Waals surface area (Å²) in [5.41, 5.74) is 0. The molecule has 0 saturated carbocycles. The summed E-state index contributed by atoms with van der Waals surface area (Å²) < 4.78 is 18.1. The lowest BCUT2D eigenvalue weighted by atomic mass is 10.1. The molecule has 6 heteroatoms. The molecule has 1 aliphatic rings. The SMILES string of the molecule is CCCCCCCC(=O)SC1CCC[Si](OC)(OC)C1(CCC)OC. The van der Waals surface area contributed by atoms with Crippen molar-refractivity contribution in [1.29, 1.82) is 0 Å². The van der Waals surface area contributed by atoms with Crippen LogP contribution in [0.5, 0.6) is 0 Å². The molecule has 0 aromatic carbocycles. The highest BCUT2D eigenvalue weighted by Gasteiger charge is 2.63. The average Bonchev–Trinajstić information content (AvgIpc) is 2.63. The molecule has 0 aromatic rings. The van der Waals surface area contributed by atoms with Gasteiger partial charge in [-0.3, -0.25) is 4.79 Å². The Morgan fingerprint density at radius 2 is 1.76 bits per heavy atom. The first kappa shape index (κ1) is 23.2. The Hall–Kier alpha value is 0.117. The number of rotatable bonds is 12. The van der Waals surface area contributed by atoms with Crippen molar-refractivity contribution in [2.45, 2.75) is 94.6 Å². The van der Waals surface area contributed by atoms with Gasteiger partial charge in [-0.25, -0.2) is 0 Å². The van der Waals surface area contributed by atoms with Crippen LogP contribution in [-0.2, 0) is 18.4 Å². The predicted molar refractivity (Wildman–Crippen MR) is 108 cm³/mol. The summed E-state index contributed by atoms with van der Waals surface area (Å²) in [7, 11) is 2.77. The standard InChI is InChI=1S/C19H38O4SSi/c1-6-8-9-10-11-14-18(20)24-17-13-12-16-25(22-4,23-5)19(17,21-3)15-7-2/h17H,6-16H2,1-5H3. The van der Waals surface area contributed by atoms with E-state index in [1.54, 1.807) is 21.3 Å². The van der Waals surface area contributed by atoms with Gasteiger partial charge < -0.3 is 13.6 Å². The van der Waals surface area contributed by atoms with Crippen LogP contribution in [0.4, 0.5) is 0 Å². The van der Waals surface area contributed by atoms with E-state index in [0.717, 1.165) is 44.6 Å². The van der Waals surface area contributed by atoms with Gasteiger partial charge in [0.1, 0.15) is 5.22 Å². The minimum absolute atomic E-state index is 0.140. The van der Waals surface area contributed by atoms with Gasteiger partial charge >= 0.3 is 8.56 Å². The van der Waals surface area contributed by atoms with Gasteiger partial charge in [0, 0.05) is 33.0 Å². The van der Waals surface area contributed by atoms with Crippen LogP contribution in [0.1, 0.15) is 78.1 Å². The van der Waals surface area contributed by atoms with E-state index in [9.17, 15) is 4.79 Å². The highest BCUT2D eigenvalue weighted by Crippen LogP contribution is 2.48. The van der Waals surface area contributed by atoms with Crippen molar-refractivity contribution in [2.75, 3.05) is 21.3 Å². The molecule has 4 nitrogen and oxygen atoms in total. The first-order valence-electron chi connectivity index (χ1n) is 9.90. The monoisotopic (exact) mass is 390 g/mol. The number of unbranched alkanes of at least 4 members (excludes halogenated alkanes) is 4. The summed E-state index contributed by atoms with van der Waals surface area (Å²) in [6.45, 7) is 4.38. The van der Waals surface area contributed by atoms with Gasteiger partial charge in [-0.2, -0.15) is 0 Å². The van der Waals surface area contributed by atoms with Crippen LogP contribution in [0.15, 0.2) is 0 Å². The molecule has 2 unspecified atom stereocenters. The van der Waals surface area contributed by atoms with Crippen LogP contribution in [0.3, 0.4) is 0 Å². The second-order valence-electron chi connectivity index (χ2n) is 7.04. The van der Waals surface area contributed by atoms with Crippen LogP contribution in [0.25, 0.3) is 0 Å². The number of thioether (sulfide) groups is 1. The zero-order valence-corrected chi connectivity index (χ0v) is 18.7. The molecule has 1 saturated heterocycles. The minimum atomic E-state index is -2.51. The summed E-state index contributed by atoms with van der Waals surface area (Å²) in [6.07, 6.45) is 10.5. The van der Waals surface area contributed by atoms with Gasteiger partial charge in [-0.1, -0.05) is 64.1 Å². The number of carbonyl (C=O) groups is 1. The molecule has 0 bridgehead atoms. The Balaban J connectivity index is 2.79. The largest absolute Gasteiger partial charge is 0.396 e. The highest BCUT2D eigenvalue weighted by atomic mass is 32.2. The third-order valence-electron chi connectivity index (χ3n) is 5.54. The Bertz CT molecular complexity index is 390. The third-order valence-corrected chi connectivity index (χ3v) is 11.5. The first-order chi connectivity index (χ1) is 12.1. The third kappa shape index (κ3) is 5.55. The number of ether oxygens (including phenoxy) is 1. The first-order valence-corrected chi connectivity index (χ1v) is 12.8. The smallest absolute Gasteiger partial charge is 0.371 e. The summed E-state index contributed by atoms with van der Waals surface area (Å²) in [4.78, 5) is 12.6. The second kappa shape index (κ2) is 11.8. The molecule has 1 heterocycles. The van der Waals surface area contributed by atoms with E-state index < -0.39 is 13.8 Å². The van der Waals surface area contributed by atoms with Gasteiger partial charge in [0.2, 0.25) is 0 Å². The topological polar surface area (TPSA) is 44.8 Å². The van der Waals surface area contributed by atoms with Crippen molar-refractivity contribution in [1.82, 2.24) is 0 Å². The van der Waals surface area contributed by atoms with E-state index in [0.29, 0.717) is 11.5 Å². The molecular formula is C19H38O4SSi. The Labute approximate surface area is 160 Å². The number of hydrogen-bond donors (Lipinski definition) is 0. The molecule has 0 aromatic heterocycles. The quantitative estimate of drug-likeness (QED) is 0.337. The molecule has 1 aliphatic heterocycles. The van der Waals surface area contributed by atoms with Crippen LogP contribution in [0, 0.1) is 0 Å². The summed E-state index contributed by atoms with van der Waals surface area (Å²) >= 11 is 1.50. The van der Waals surface area contributed by atoms with E-state index in [1.165, 1.54) is 31.0 Å². The molecule has 148 valence electrons. The maximum absolute atomic E-state index is 12.6. The van der Waals surface area contributed by atoms with Crippen molar-refractivity contribution < 1.29 is 18.4 Å². The molecule has 0 amide bonds. The fraction of sp³-hybridized carbons (Fsp3) is 0.947. The van der Waals surface area contributed by atoms with Crippen LogP contribution < -0.4 is 0 Å². The lowest BCUT2D eigenvalue weighted by molar-refractivity contribution is -0.111. The van der Waals surface area contributed by atoms with Crippen molar-refractivity contribution in [3.8, 4) is 0 Å². The normalized spacial score (nSPS) is 25.9. The minimum Gasteiger partial charge on any atom is -0.396 e. The molecule has 0 spiro atoms. The van der Waals surface area contributed by atoms with Gasteiger partial charge in [-0.15, -0.1) is 0 Å². The Morgan fingerprint density at radius 3 is 2.32 bits per heavy atom. The van der Waals surface area contributed by atoms with Crippen LogP contribution in [-0.4, -0.2) is 45.5 Å². The molecule has 0 radical (unpaired) electrons. The van der Waals surface area contributed by atoms with Gasteiger partial charge in [-0.05, 0) is 25.3 Å². The maximum Gasteiger partial charge on any atom is 0.371 e. The molecule has 25 heavy (non-hydrogen) atoms. The molecule has 0 N–H and O–H groups in total. The Kier molecular flexibility index (Phi) is 10.9. The van der Waals surface area contributed by atoms with E-state index in [2.05, 4.69) is 13.8 Å². The average molecular weight is 391 g/mol. The zero-order chi connectivity index (χ0) is 18.8. The number of hydrogen-bond acceptors (Lipinski definition) is 5. The summed E-state index contributed by atoms with van der Waals surface area (Å²) in [5, 5.41) is 0.00316. The second-order valence-corrected chi connectivity index (χ2v) is 12.0. The molecule has 2 atom stereocenters. The lowest BCUT2D eigenvalue weighted by Gasteiger charge is -2.51. The fourth-order valence-corrected chi connectivity index (χ4v) is 10.1. The predicted octanol–water partition coefficient (Wildman–Crippen LogP) is 5.23. The maximum atomic E-state index is 12.6. The molecular weight excluding hydrogens is 352 g/mol. The van der Waals surface area contributed by atoms with Gasteiger partial charge in [0.15, 0.2) is 5.12 Å². The van der Waals surface area contributed by atoms with E-state index in [-0.39, 0.29) is 5.25 Å². The molecule has 0 aliphatic carbocycles. The van der Waals surface area contributed by atoms with Crippen LogP contribution in [0.2, 0.25) is 6.04 Å². The van der Waals surface area contributed by atoms with Gasteiger partial charge in [0.05, 0.1) is 0 Å². The van der Waals surface area contributed by atoms with Crippen LogP contribution >= 0.6 is 11.8 Å². The van der Waals surface area contributed by atoms with Gasteiger partial charge in [0.25, 0.3) is 0 Å². The number of methoxy groups -OCH3 is 1. The number of carbonyl (C=O) groups excluding carboxylic acids is 1. The summed E-state index contributed by atoms with van der Waals surface area (Å²) in [6, 6.07) is 0.941. The van der Waals surface area contributed by atoms with Crippen molar-refractivity contribution in [3.63, 3.8) is 0 Å². The fourth-order valence-electron chi connectivity index (χ4n) is 4.20. The van der Waals surface area contributed by atoms with Crippen molar-refractivity contribution in [2.24, 2.45) is 0 Å². The van der Waals surface area contributed by atoms with Crippen molar-refractivity contribution >= 4 is 25.4 Å². The highest BCUT2D eigenvalue weighted by molar-refractivity contribution is 8.14. The summed E-state index contributed by atoms with van der Waals surface area (Å²) in [5.74, 6) is 0. The van der Waals surface area contributed by atoms with E-state index in [1.807, 2.05) is 0 Å². The Morgan fingerprint density at radius 1 is 1.08 bits per heavy atom. The molecule has 1 fully saturated rings. The lowest BCUT2D eigenvalue weighted by Crippen LogP contribution is -2.69. The molecule has 1 rings (SSSR count).